The van der Waals surface area contributed by atoms with Gasteiger partial charge in [-0.1, -0.05) is 12.1 Å². The summed E-state index contributed by atoms with van der Waals surface area (Å²) in [5.74, 6) is 2.24. The molecule has 0 radical (unpaired) electrons. The van der Waals surface area contributed by atoms with Crippen LogP contribution in [-0.4, -0.2) is 33.4 Å². The van der Waals surface area contributed by atoms with Gasteiger partial charge in [0, 0.05) is 12.5 Å². The van der Waals surface area contributed by atoms with Crippen molar-refractivity contribution in [3.05, 3.63) is 29.8 Å². The zero-order valence-electron chi connectivity index (χ0n) is 11.3. The van der Waals surface area contributed by atoms with E-state index in [-0.39, 0.29) is 0 Å². The molecule has 1 N–H and O–H groups in total. The van der Waals surface area contributed by atoms with Crippen molar-refractivity contribution in [3.8, 4) is 5.75 Å². The lowest BCUT2D eigenvalue weighted by molar-refractivity contribution is -0.0384. The third-order valence-electron chi connectivity index (χ3n) is 3.42. The Bertz CT molecular complexity index is 363. The first kappa shape index (κ1) is 13.4. The van der Waals surface area contributed by atoms with Crippen molar-refractivity contribution >= 4 is 0 Å². The Morgan fingerprint density at radius 1 is 1.44 bits per heavy atom. The topological polar surface area (TPSA) is 30.5 Å². The van der Waals surface area contributed by atoms with Gasteiger partial charge >= 0.3 is 0 Å². The van der Waals surface area contributed by atoms with Gasteiger partial charge in [0.05, 0.1) is 19.8 Å². The fraction of sp³-hybridized carbons (Fsp3) is 0.600. The number of rotatable bonds is 7. The Hall–Kier alpha value is -1.06. The minimum atomic E-state index is 0.546. The van der Waals surface area contributed by atoms with E-state index in [0.717, 1.165) is 38.0 Å². The molecule has 2 rings (SSSR count). The Kier molecular flexibility index (Phi) is 5.02. The highest BCUT2D eigenvalue weighted by Gasteiger charge is 2.23. The smallest absolute Gasteiger partial charge is 0.119 e. The monoisotopic (exact) mass is 249 g/mol. The minimum absolute atomic E-state index is 0.546. The van der Waals surface area contributed by atoms with Crippen molar-refractivity contribution in [2.45, 2.75) is 19.3 Å². The second-order valence-corrected chi connectivity index (χ2v) is 4.90. The molecule has 3 heteroatoms. The maximum absolute atomic E-state index is 5.58. The van der Waals surface area contributed by atoms with Gasteiger partial charge in [-0.2, -0.15) is 0 Å². The van der Waals surface area contributed by atoms with Crippen LogP contribution < -0.4 is 10.1 Å². The average molecular weight is 249 g/mol. The Balaban J connectivity index is 2.05. The maximum atomic E-state index is 5.58. The molecule has 0 amide bonds. The van der Waals surface area contributed by atoms with Crippen molar-refractivity contribution in [1.82, 2.24) is 5.32 Å². The first-order valence-corrected chi connectivity index (χ1v) is 6.78. The fourth-order valence-electron chi connectivity index (χ4n) is 2.43. The summed E-state index contributed by atoms with van der Waals surface area (Å²) in [6.07, 6.45) is 1.19. The van der Waals surface area contributed by atoms with Crippen molar-refractivity contribution in [2.75, 3.05) is 33.4 Å². The quantitative estimate of drug-likeness (QED) is 0.805. The first-order chi connectivity index (χ1) is 8.83. The SMILES string of the molecule is CCOc1cccc(C(CNC)CC2COC2)c1. The van der Waals surface area contributed by atoms with Crippen LogP contribution in [0.15, 0.2) is 24.3 Å². The summed E-state index contributed by atoms with van der Waals surface area (Å²) in [5, 5.41) is 3.29. The van der Waals surface area contributed by atoms with Crippen LogP contribution >= 0.6 is 0 Å². The Labute approximate surface area is 109 Å². The molecule has 18 heavy (non-hydrogen) atoms. The molecule has 1 saturated heterocycles. The predicted molar refractivity (Wildman–Crippen MR) is 73.2 cm³/mol. The molecule has 1 aliphatic heterocycles. The molecule has 1 aromatic carbocycles. The highest BCUT2D eigenvalue weighted by molar-refractivity contribution is 5.31. The lowest BCUT2D eigenvalue weighted by Crippen LogP contribution is -2.31. The summed E-state index contributed by atoms with van der Waals surface area (Å²) in [5.41, 5.74) is 1.36. The van der Waals surface area contributed by atoms with E-state index in [1.54, 1.807) is 0 Å². The van der Waals surface area contributed by atoms with Crippen molar-refractivity contribution in [1.29, 1.82) is 0 Å². The molecule has 1 heterocycles. The van der Waals surface area contributed by atoms with Crippen LogP contribution in [0.25, 0.3) is 0 Å². The molecule has 1 unspecified atom stereocenters. The molecule has 100 valence electrons. The molecule has 1 fully saturated rings. The fourth-order valence-corrected chi connectivity index (χ4v) is 2.43. The largest absolute Gasteiger partial charge is 0.494 e. The van der Waals surface area contributed by atoms with Gasteiger partial charge in [-0.15, -0.1) is 0 Å². The molecule has 1 atom stereocenters. The van der Waals surface area contributed by atoms with E-state index < -0.39 is 0 Å². The summed E-state index contributed by atoms with van der Waals surface area (Å²) in [6.45, 7) is 5.59. The Morgan fingerprint density at radius 2 is 2.28 bits per heavy atom. The average Bonchev–Trinajstić information content (AvgIpc) is 2.33. The predicted octanol–water partition coefficient (Wildman–Crippen LogP) is 2.42. The standard InChI is InChI=1S/C15H23NO2/c1-3-18-15-6-4-5-13(8-15)14(9-16-2)7-12-10-17-11-12/h4-6,8,12,14,16H,3,7,9-11H2,1-2H3. The molecule has 0 bridgehead atoms. The molecule has 0 spiro atoms. The summed E-state index contributed by atoms with van der Waals surface area (Å²) >= 11 is 0. The lowest BCUT2D eigenvalue weighted by Gasteiger charge is -2.30. The molecule has 0 aliphatic carbocycles. The highest BCUT2D eigenvalue weighted by Crippen LogP contribution is 2.29. The Morgan fingerprint density at radius 3 is 2.89 bits per heavy atom. The van der Waals surface area contributed by atoms with Gasteiger partial charge in [-0.25, -0.2) is 0 Å². The van der Waals surface area contributed by atoms with Gasteiger partial charge in [0.25, 0.3) is 0 Å². The van der Waals surface area contributed by atoms with Crippen LogP contribution in [0.4, 0.5) is 0 Å². The molecule has 0 aromatic heterocycles. The van der Waals surface area contributed by atoms with Crippen LogP contribution in [-0.2, 0) is 4.74 Å². The number of hydrogen-bond acceptors (Lipinski definition) is 3. The molecular formula is C15H23NO2. The number of nitrogens with one attached hydrogen (secondary N) is 1. The van der Waals surface area contributed by atoms with E-state index in [9.17, 15) is 0 Å². The third-order valence-corrected chi connectivity index (χ3v) is 3.42. The summed E-state index contributed by atoms with van der Waals surface area (Å²) in [7, 11) is 2.01. The van der Waals surface area contributed by atoms with Gasteiger partial charge in [0.1, 0.15) is 5.75 Å². The minimum Gasteiger partial charge on any atom is -0.494 e. The highest BCUT2D eigenvalue weighted by atomic mass is 16.5. The van der Waals surface area contributed by atoms with Crippen LogP contribution in [0, 0.1) is 5.92 Å². The van der Waals surface area contributed by atoms with Gasteiger partial charge in [0.2, 0.25) is 0 Å². The molecule has 1 aliphatic rings. The van der Waals surface area contributed by atoms with E-state index in [1.807, 2.05) is 20.0 Å². The van der Waals surface area contributed by atoms with Crippen molar-refractivity contribution in [3.63, 3.8) is 0 Å². The van der Waals surface area contributed by atoms with Crippen LogP contribution in [0.2, 0.25) is 0 Å². The summed E-state index contributed by atoms with van der Waals surface area (Å²) < 4.78 is 10.8. The normalized spacial score (nSPS) is 17.2. The maximum Gasteiger partial charge on any atom is 0.119 e. The third kappa shape index (κ3) is 3.47. The lowest BCUT2D eigenvalue weighted by atomic mass is 9.87. The molecular weight excluding hydrogens is 226 g/mol. The molecule has 1 aromatic rings. The van der Waals surface area contributed by atoms with E-state index in [2.05, 4.69) is 23.5 Å². The van der Waals surface area contributed by atoms with Crippen LogP contribution in [0.3, 0.4) is 0 Å². The van der Waals surface area contributed by atoms with E-state index in [0.29, 0.717) is 5.92 Å². The van der Waals surface area contributed by atoms with Crippen LogP contribution in [0.1, 0.15) is 24.8 Å². The van der Waals surface area contributed by atoms with E-state index >= 15 is 0 Å². The van der Waals surface area contributed by atoms with Gasteiger partial charge in [0.15, 0.2) is 0 Å². The van der Waals surface area contributed by atoms with E-state index in [1.165, 1.54) is 12.0 Å². The zero-order chi connectivity index (χ0) is 12.8. The summed E-state index contributed by atoms with van der Waals surface area (Å²) in [6, 6.07) is 8.48. The van der Waals surface area contributed by atoms with Gasteiger partial charge in [-0.3, -0.25) is 0 Å². The number of ether oxygens (including phenoxy) is 2. The van der Waals surface area contributed by atoms with E-state index in [4.69, 9.17) is 9.47 Å². The van der Waals surface area contributed by atoms with Crippen molar-refractivity contribution in [2.24, 2.45) is 5.92 Å². The number of hydrogen-bond donors (Lipinski definition) is 1. The molecule has 0 saturated carbocycles. The summed E-state index contributed by atoms with van der Waals surface area (Å²) in [4.78, 5) is 0. The first-order valence-electron chi connectivity index (χ1n) is 6.78. The van der Waals surface area contributed by atoms with Crippen molar-refractivity contribution < 1.29 is 9.47 Å². The second-order valence-electron chi connectivity index (χ2n) is 4.90. The second kappa shape index (κ2) is 6.76. The van der Waals surface area contributed by atoms with Gasteiger partial charge in [-0.05, 0) is 44.0 Å². The molecule has 3 nitrogen and oxygen atoms in total. The zero-order valence-corrected chi connectivity index (χ0v) is 11.3. The number of benzene rings is 1. The number of likely N-dealkylation sites (N-methyl/N-ethyl adjacent to an activating group) is 1. The van der Waals surface area contributed by atoms with Gasteiger partial charge < -0.3 is 14.8 Å². The van der Waals surface area contributed by atoms with Crippen LogP contribution in [0.5, 0.6) is 5.75 Å².